The molecule has 0 spiro atoms. The van der Waals surface area contributed by atoms with Crippen LogP contribution in [-0.4, -0.2) is 42.0 Å². The van der Waals surface area contributed by atoms with Crippen LogP contribution < -0.4 is 5.32 Å². The van der Waals surface area contributed by atoms with Gasteiger partial charge in [0, 0.05) is 18.3 Å². The summed E-state index contributed by atoms with van der Waals surface area (Å²) in [5, 5.41) is 13.8. The summed E-state index contributed by atoms with van der Waals surface area (Å²) in [5.74, 6) is 0.355. The van der Waals surface area contributed by atoms with Crippen molar-refractivity contribution in [1.82, 2.24) is 9.88 Å². The number of aryl methyl sites for hydroxylation is 1. The smallest absolute Gasteiger partial charge is 0.311 e. The fraction of sp³-hybridized carbons (Fsp3) is 0.545. The minimum absolute atomic E-state index is 0.0282. The average molecular weight is 238 g/mol. The lowest BCUT2D eigenvalue weighted by atomic mass is 10.3. The van der Waals surface area contributed by atoms with Crippen LogP contribution in [0.5, 0.6) is 0 Å². The number of anilines is 1. The molecule has 0 bridgehead atoms. The lowest BCUT2D eigenvalue weighted by Crippen LogP contribution is -2.17. The summed E-state index contributed by atoms with van der Waals surface area (Å²) < 4.78 is 0. The van der Waals surface area contributed by atoms with Crippen LogP contribution in [0.15, 0.2) is 12.1 Å². The summed E-state index contributed by atoms with van der Waals surface area (Å²) in [7, 11) is 3.99. The van der Waals surface area contributed by atoms with Gasteiger partial charge < -0.3 is 10.2 Å². The van der Waals surface area contributed by atoms with Gasteiger partial charge in [0.1, 0.15) is 0 Å². The topological polar surface area (TPSA) is 71.3 Å². The van der Waals surface area contributed by atoms with Crippen molar-refractivity contribution in [2.75, 3.05) is 32.5 Å². The Morgan fingerprint density at radius 2 is 2.18 bits per heavy atom. The summed E-state index contributed by atoms with van der Waals surface area (Å²) in [6.07, 6.45) is 0.916. The molecule has 0 radical (unpaired) electrons. The van der Waals surface area contributed by atoms with E-state index in [0.717, 1.165) is 18.7 Å². The highest BCUT2D eigenvalue weighted by molar-refractivity contribution is 5.55. The van der Waals surface area contributed by atoms with Crippen molar-refractivity contribution in [3.63, 3.8) is 0 Å². The average Bonchev–Trinajstić information content (AvgIpc) is 2.23. The molecular formula is C11H18N4O2. The second-order valence-electron chi connectivity index (χ2n) is 4.16. The van der Waals surface area contributed by atoms with Gasteiger partial charge in [-0.3, -0.25) is 10.1 Å². The predicted molar refractivity (Wildman–Crippen MR) is 67.3 cm³/mol. The molecule has 0 saturated carbocycles. The lowest BCUT2D eigenvalue weighted by Gasteiger charge is -2.10. The SMILES string of the molecule is Cc1ccc([N+](=O)[O-])c(NCCCN(C)C)n1. The zero-order valence-electron chi connectivity index (χ0n) is 10.4. The van der Waals surface area contributed by atoms with Gasteiger partial charge in [-0.2, -0.15) is 0 Å². The van der Waals surface area contributed by atoms with Crippen molar-refractivity contribution < 1.29 is 4.92 Å². The highest BCUT2D eigenvalue weighted by atomic mass is 16.6. The first-order chi connectivity index (χ1) is 8.00. The molecule has 1 aromatic heterocycles. The molecule has 94 valence electrons. The Labute approximate surface area is 101 Å². The van der Waals surface area contributed by atoms with Crippen molar-refractivity contribution in [3.05, 3.63) is 27.9 Å². The first kappa shape index (κ1) is 13.4. The molecule has 0 aliphatic carbocycles. The maximum Gasteiger partial charge on any atom is 0.311 e. The van der Waals surface area contributed by atoms with Crippen molar-refractivity contribution in [2.24, 2.45) is 0 Å². The second-order valence-corrected chi connectivity index (χ2v) is 4.16. The molecule has 0 amide bonds. The van der Waals surface area contributed by atoms with Gasteiger partial charge in [0.2, 0.25) is 5.82 Å². The van der Waals surface area contributed by atoms with Crippen LogP contribution in [0.3, 0.4) is 0 Å². The number of aromatic nitrogens is 1. The van der Waals surface area contributed by atoms with Gasteiger partial charge >= 0.3 is 5.69 Å². The molecule has 1 N–H and O–H groups in total. The number of rotatable bonds is 6. The van der Waals surface area contributed by atoms with Gasteiger partial charge in [-0.15, -0.1) is 0 Å². The van der Waals surface area contributed by atoms with E-state index < -0.39 is 4.92 Å². The Hall–Kier alpha value is -1.69. The molecule has 6 heteroatoms. The lowest BCUT2D eigenvalue weighted by molar-refractivity contribution is -0.384. The Balaban J connectivity index is 2.62. The maximum atomic E-state index is 10.8. The zero-order valence-corrected chi connectivity index (χ0v) is 10.4. The summed E-state index contributed by atoms with van der Waals surface area (Å²) in [5.41, 5.74) is 0.797. The van der Waals surface area contributed by atoms with Crippen molar-refractivity contribution in [3.8, 4) is 0 Å². The molecule has 0 fully saturated rings. The quantitative estimate of drug-likeness (QED) is 0.463. The highest BCUT2D eigenvalue weighted by Crippen LogP contribution is 2.21. The molecule has 0 aliphatic heterocycles. The number of hydrogen-bond donors (Lipinski definition) is 1. The van der Waals surface area contributed by atoms with Gasteiger partial charge in [-0.25, -0.2) is 4.98 Å². The molecule has 6 nitrogen and oxygen atoms in total. The van der Waals surface area contributed by atoms with E-state index >= 15 is 0 Å². The summed E-state index contributed by atoms with van der Waals surface area (Å²) in [6, 6.07) is 3.12. The summed E-state index contributed by atoms with van der Waals surface area (Å²) in [4.78, 5) is 16.6. The third kappa shape index (κ3) is 4.36. The fourth-order valence-electron chi connectivity index (χ4n) is 1.43. The maximum absolute atomic E-state index is 10.8. The number of nitrogens with zero attached hydrogens (tertiary/aromatic N) is 3. The van der Waals surface area contributed by atoms with Crippen LogP contribution >= 0.6 is 0 Å². The molecule has 1 heterocycles. The van der Waals surface area contributed by atoms with Crippen molar-refractivity contribution in [1.29, 1.82) is 0 Å². The first-order valence-electron chi connectivity index (χ1n) is 5.51. The highest BCUT2D eigenvalue weighted by Gasteiger charge is 2.14. The third-order valence-electron chi connectivity index (χ3n) is 2.28. The van der Waals surface area contributed by atoms with Gasteiger partial charge in [0.15, 0.2) is 0 Å². The van der Waals surface area contributed by atoms with Crippen LogP contribution in [0.4, 0.5) is 11.5 Å². The van der Waals surface area contributed by atoms with Gasteiger partial charge in [0.05, 0.1) is 4.92 Å². The molecule has 0 atom stereocenters. The van der Waals surface area contributed by atoms with E-state index in [-0.39, 0.29) is 5.69 Å². The molecule has 0 unspecified atom stereocenters. The minimum Gasteiger partial charge on any atom is -0.364 e. The van der Waals surface area contributed by atoms with E-state index in [1.165, 1.54) is 6.07 Å². The van der Waals surface area contributed by atoms with Gasteiger partial charge in [-0.1, -0.05) is 0 Å². The Morgan fingerprint density at radius 3 is 2.76 bits per heavy atom. The summed E-state index contributed by atoms with van der Waals surface area (Å²) >= 11 is 0. The second kappa shape index (κ2) is 6.15. The number of hydrogen-bond acceptors (Lipinski definition) is 5. The largest absolute Gasteiger partial charge is 0.364 e. The van der Waals surface area contributed by atoms with Crippen molar-refractivity contribution in [2.45, 2.75) is 13.3 Å². The van der Waals surface area contributed by atoms with E-state index in [2.05, 4.69) is 15.2 Å². The number of pyridine rings is 1. The predicted octanol–water partition coefficient (Wildman–Crippen LogP) is 1.66. The monoisotopic (exact) mass is 238 g/mol. The molecule has 1 aromatic rings. The van der Waals surface area contributed by atoms with Crippen LogP contribution in [0.1, 0.15) is 12.1 Å². The molecule has 1 rings (SSSR count). The van der Waals surface area contributed by atoms with Crippen LogP contribution in [0.25, 0.3) is 0 Å². The standard InChI is InChI=1S/C11H18N4O2/c1-9-5-6-10(15(16)17)11(13-9)12-7-4-8-14(2)3/h5-6H,4,7-8H2,1-3H3,(H,12,13). The van der Waals surface area contributed by atoms with Crippen LogP contribution in [0, 0.1) is 17.0 Å². The normalized spacial score (nSPS) is 10.6. The van der Waals surface area contributed by atoms with E-state index in [4.69, 9.17) is 0 Å². The minimum atomic E-state index is -0.416. The van der Waals surface area contributed by atoms with Gasteiger partial charge in [0.25, 0.3) is 0 Å². The van der Waals surface area contributed by atoms with Crippen LogP contribution in [0.2, 0.25) is 0 Å². The molecule has 17 heavy (non-hydrogen) atoms. The summed E-state index contributed by atoms with van der Waals surface area (Å²) in [6.45, 7) is 3.43. The van der Waals surface area contributed by atoms with Crippen LogP contribution in [-0.2, 0) is 0 Å². The number of nitrogens with one attached hydrogen (secondary N) is 1. The first-order valence-corrected chi connectivity index (χ1v) is 5.51. The molecular weight excluding hydrogens is 220 g/mol. The Morgan fingerprint density at radius 1 is 1.47 bits per heavy atom. The Bertz CT molecular complexity index is 393. The van der Waals surface area contributed by atoms with Gasteiger partial charge in [-0.05, 0) is 40.1 Å². The Kier molecular flexibility index (Phi) is 4.84. The molecule has 0 saturated heterocycles. The fourth-order valence-corrected chi connectivity index (χ4v) is 1.43. The third-order valence-corrected chi connectivity index (χ3v) is 2.28. The van der Waals surface area contributed by atoms with E-state index in [1.807, 2.05) is 21.0 Å². The van der Waals surface area contributed by atoms with Crippen molar-refractivity contribution >= 4 is 11.5 Å². The van der Waals surface area contributed by atoms with E-state index in [0.29, 0.717) is 12.4 Å². The van der Waals surface area contributed by atoms with E-state index in [1.54, 1.807) is 6.07 Å². The molecule has 0 aliphatic rings. The molecule has 0 aromatic carbocycles. The zero-order chi connectivity index (χ0) is 12.8. The van der Waals surface area contributed by atoms with E-state index in [9.17, 15) is 10.1 Å². The number of nitro groups is 1.